The Morgan fingerprint density at radius 3 is 2.56 bits per heavy atom. The molecule has 3 N–H and O–H groups in total. The quantitative estimate of drug-likeness (QED) is 0.260. The standard InChI is InChI=1S/C28H26F2N6O7/c1-2-9-31-28(39)35-23-20-24(33-12-32-23)36(13-34-20)25-22-21(42-27(43-22)14-3-5-15(29)6-4-14)19(41-25)11-40-18-10-16(30)7-8-17(18)26(37)38/h3-8,10,12-13,19,21-22,25,27H,2,9,11H2,1H3,(H,37,38)(H2,31,32,33,35,39)/t19?,21?,22?,25?,27-/m0/s1. The van der Waals surface area contributed by atoms with Crippen LogP contribution in [0.5, 0.6) is 5.75 Å². The van der Waals surface area contributed by atoms with Crippen LogP contribution >= 0.6 is 0 Å². The monoisotopic (exact) mass is 596 g/mol. The highest BCUT2D eigenvalue weighted by Gasteiger charge is 2.54. The molecular formula is C28H26F2N6O7. The molecule has 224 valence electrons. The molecule has 43 heavy (non-hydrogen) atoms. The van der Waals surface area contributed by atoms with Crippen LogP contribution < -0.4 is 15.4 Å². The lowest BCUT2D eigenvalue weighted by atomic mass is 10.1. The van der Waals surface area contributed by atoms with Gasteiger partial charge in [0.1, 0.15) is 54.2 Å². The first-order valence-electron chi connectivity index (χ1n) is 13.4. The van der Waals surface area contributed by atoms with Gasteiger partial charge in [-0.05, 0) is 30.7 Å². The summed E-state index contributed by atoms with van der Waals surface area (Å²) in [7, 11) is 0. The zero-order valence-corrected chi connectivity index (χ0v) is 22.6. The highest BCUT2D eigenvalue weighted by molar-refractivity contribution is 5.95. The van der Waals surface area contributed by atoms with Crippen molar-refractivity contribution in [2.45, 2.75) is 44.2 Å². The minimum Gasteiger partial charge on any atom is -0.490 e. The van der Waals surface area contributed by atoms with Crippen molar-refractivity contribution in [1.82, 2.24) is 24.8 Å². The molecule has 2 amide bonds. The van der Waals surface area contributed by atoms with Gasteiger partial charge in [0, 0.05) is 18.2 Å². The van der Waals surface area contributed by atoms with Gasteiger partial charge in [-0.25, -0.2) is 33.3 Å². The van der Waals surface area contributed by atoms with Crippen molar-refractivity contribution >= 4 is 29.0 Å². The number of benzene rings is 2. The van der Waals surface area contributed by atoms with E-state index in [4.69, 9.17) is 18.9 Å². The number of aromatic carboxylic acids is 1. The lowest BCUT2D eigenvalue weighted by Gasteiger charge is -2.22. The van der Waals surface area contributed by atoms with Gasteiger partial charge in [-0.1, -0.05) is 19.1 Å². The number of aromatic nitrogens is 4. The Kier molecular flexibility index (Phi) is 7.84. The maximum atomic E-state index is 13.9. The fraction of sp³-hybridized carbons (Fsp3) is 0.321. The van der Waals surface area contributed by atoms with Gasteiger partial charge in [-0.3, -0.25) is 9.88 Å². The van der Waals surface area contributed by atoms with Gasteiger partial charge in [-0.15, -0.1) is 0 Å². The summed E-state index contributed by atoms with van der Waals surface area (Å²) in [5.41, 5.74) is 0.975. The molecule has 13 nitrogen and oxygen atoms in total. The number of fused-ring (bicyclic) bond motifs is 2. The van der Waals surface area contributed by atoms with Crippen molar-refractivity contribution in [1.29, 1.82) is 0 Å². The van der Waals surface area contributed by atoms with E-state index in [1.165, 1.54) is 36.9 Å². The number of anilines is 1. The first-order valence-corrected chi connectivity index (χ1v) is 13.4. The molecule has 2 fully saturated rings. The minimum absolute atomic E-state index is 0.178. The summed E-state index contributed by atoms with van der Waals surface area (Å²) in [6, 6.07) is 8.31. The number of ether oxygens (including phenoxy) is 4. The second-order valence-corrected chi connectivity index (χ2v) is 9.83. The Morgan fingerprint density at radius 2 is 1.79 bits per heavy atom. The number of amides is 2. The molecule has 5 atom stereocenters. The Bertz CT molecular complexity index is 1650. The fourth-order valence-corrected chi connectivity index (χ4v) is 4.95. The lowest BCUT2D eigenvalue weighted by molar-refractivity contribution is -0.152. The van der Waals surface area contributed by atoms with Crippen LogP contribution in [0.1, 0.15) is 41.8 Å². The SMILES string of the molecule is CCCNC(=O)Nc1ncnc2c1ncn2C1OC(COc2cc(F)ccc2C(=O)O)C2O[C@H](c3ccc(F)cc3)OC21. The number of carboxylic acid groups (broad SMARTS) is 1. The van der Waals surface area contributed by atoms with Gasteiger partial charge in [-0.2, -0.15) is 0 Å². The van der Waals surface area contributed by atoms with Crippen molar-refractivity contribution < 1.29 is 42.4 Å². The van der Waals surface area contributed by atoms with Crippen molar-refractivity contribution in [3.05, 3.63) is 77.9 Å². The van der Waals surface area contributed by atoms with Gasteiger partial charge in [0.15, 0.2) is 29.5 Å². The minimum atomic E-state index is -1.28. The van der Waals surface area contributed by atoms with E-state index in [0.717, 1.165) is 24.6 Å². The zero-order chi connectivity index (χ0) is 30.1. The van der Waals surface area contributed by atoms with Crippen LogP contribution in [-0.2, 0) is 14.2 Å². The first kappa shape index (κ1) is 28.4. The number of rotatable bonds is 9. The fourth-order valence-electron chi connectivity index (χ4n) is 4.95. The second-order valence-electron chi connectivity index (χ2n) is 9.83. The van der Waals surface area contributed by atoms with Gasteiger partial charge in [0.05, 0.1) is 6.33 Å². The van der Waals surface area contributed by atoms with Gasteiger partial charge in [0.2, 0.25) is 0 Å². The summed E-state index contributed by atoms with van der Waals surface area (Å²) < 4.78 is 53.6. The van der Waals surface area contributed by atoms with E-state index in [0.29, 0.717) is 23.3 Å². The first-order chi connectivity index (χ1) is 20.8. The lowest BCUT2D eigenvalue weighted by Crippen LogP contribution is -2.33. The average molecular weight is 597 g/mol. The molecule has 2 aliphatic rings. The molecule has 4 unspecified atom stereocenters. The molecule has 4 heterocycles. The smallest absolute Gasteiger partial charge is 0.339 e. The number of carbonyl (C=O) groups is 2. The van der Waals surface area contributed by atoms with E-state index in [1.807, 2.05) is 6.92 Å². The van der Waals surface area contributed by atoms with Crippen LogP contribution in [0, 0.1) is 11.6 Å². The van der Waals surface area contributed by atoms with Crippen LogP contribution in [0.15, 0.2) is 55.1 Å². The molecule has 2 saturated heterocycles. The molecule has 15 heteroatoms. The molecule has 0 radical (unpaired) electrons. The summed E-state index contributed by atoms with van der Waals surface area (Å²) in [6.07, 6.45) is -0.552. The van der Waals surface area contributed by atoms with Crippen molar-refractivity contribution in [3.63, 3.8) is 0 Å². The van der Waals surface area contributed by atoms with E-state index >= 15 is 0 Å². The topological polar surface area (TPSA) is 159 Å². The molecular weight excluding hydrogens is 570 g/mol. The molecule has 2 aromatic heterocycles. The van der Waals surface area contributed by atoms with Crippen LogP contribution in [-0.4, -0.2) is 68.1 Å². The average Bonchev–Trinajstić information content (AvgIpc) is 3.70. The maximum Gasteiger partial charge on any atom is 0.339 e. The van der Waals surface area contributed by atoms with E-state index in [1.54, 1.807) is 4.57 Å². The third-order valence-electron chi connectivity index (χ3n) is 6.97. The van der Waals surface area contributed by atoms with Crippen molar-refractivity contribution in [3.8, 4) is 5.75 Å². The van der Waals surface area contributed by atoms with E-state index in [2.05, 4.69) is 25.6 Å². The predicted molar refractivity (Wildman–Crippen MR) is 144 cm³/mol. The van der Waals surface area contributed by atoms with E-state index < -0.39 is 54.5 Å². The Hall–Kier alpha value is -4.73. The highest BCUT2D eigenvalue weighted by Crippen LogP contribution is 2.45. The normalized spacial score (nSPS) is 22.8. The molecule has 2 aliphatic heterocycles. The van der Waals surface area contributed by atoms with Gasteiger partial charge in [0.25, 0.3) is 0 Å². The second kappa shape index (κ2) is 11.9. The van der Waals surface area contributed by atoms with Crippen LogP contribution in [0.2, 0.25) is 0 Å². The summed E-state index contributed by atoms with van der Waals surface area (Å²) in [5.74, 6) is -2.37. The summed E-state index contributed by atoms with van der Waals surface area (Å²) in [5, 5.41) is 14.9. The van der Waals surface area contributed by atoms with E-state index in [9.17, 15) is 23.5 Å². The maximum absolute atomic E-state index is 13.9. The molecule has 2 aromatic carbocycles. The number of nitrogens with zero attached hydrogens (tertiary/aromatic N) is 4. The number of imidazole rings is 1. The van der Waals surface area contributed by atoms with Gasteiger partial charge >= 0.3 is 12.0 Å². The highest BCUT2D eigenvalue weighted by atomic mass is 19.1. The molecule has 0 saturated carbocycles. The Labute approximate surface area is 242 Å². The number of carbonyl (C=O) groups excluding carboxylic acids is 1. The number of halogens is 2. The number of hydrogen-bond donors (Lipinski definition) is 3. The Morgan fingerprint density at radius 1 is 1.02 bits per heavy atom. The third-order valence-corrected chi connectivity index (χ3v) is 6.97. The summed E-state index contributed by atoms with van der Waals surface area (Å²) in [6.45, 7) is 2.19. The van der Waals surface area contributed by atoms with Crippen molar-refractivity contribution in [2.24, 2.45) is 0 Å². The number of urea groups is 1. The number of nitrogens with one attached hydrogen (secondary N) is 2. The van der Waals surface area contributed by atoms with Crippen LogP contribution in [0.25, 0.3) is 11.2 Å². The molecule has 6 rings (SSSR count). The predicted octanol–water partition coefficient (Wildman–Crippen LogP) is 3.79. The summed E-state index contributed by atoms with van der Waals surface area (Å²) in [4.78, 5) is 36.8. The van der Waals surface area contributed by atoms with Crippen LogP contribution in [0.3, 0.4) is 0 Å². The zero-order valence-electron chi connectivity index (χ0n) is 22.6. The molecule has 4 aromatic rings. The molecule has 0 spiro atoms. The molecule has 0 bridgehead atoms. The largest absolute Gasteiger partial charge is 0.490 e. The van der Waals surface area contributed by atoms with E-state index in [-0.39, 0.29) is 23.7 Å². The number of hydrogen-bond acceptors (Lipinski definition) is 9. The number of carboxylic acids is 1. The van der Waals surface area contributed by atoms with Crippen LogP contribution in [0.4, 0.5) is 19.4 Å². The van der Waals surface area contributed by atoms with Crippen molar-refractivity contribution in [2.75, 3.05) is 18.5 Å². The third kappa shape index (κ3) is 5.69. The molecule has 0 aliphatic carbocycles. The summed E-state index contributed by atoms with van der Waals surface area (Å²) >= 11 is 0. The Balaban J connectivity index is 1.29. The van der Waals surface area contributed by atoms with Gasteiger partial charge < -0.3 is 29.4 Å².